The third-order valence-electron chi connectivity index (χ3n) is 3.02. The lowest BCUT2D eigenvalue weighted by atomic mass is 9.93. The second-order valence-corrected chi connectivity index (χ2v) is 6.96. The van der Waals surface area contributed by atoms with E-state index in [0.29, 0.717) is 18.5 Å². The number of carbonyl (C=O) groups excluding carboxylic acids is 1. The number of hydrogen-bond acceptors (Lipinski definition) is 4. The highest BCUT2D eigenvalue weighted by molar-refractivity contribution is 7.09. The summed E-state index contributed by atoms with van der Waals surface area (Å²) in [6.45, 7) is 6.38. The maximum atomic E-state index is 12.1. The molecule has 2 rings (SSSR count). The number of aromatic nitrogens is 1. The molecule has 0 aliphatic carbocycles. The van der Waals surface area contributed by atoms with E-state index in [1.54, 1.807) is 11.3 Å². The fourth-order valence-electron chi connectivity index (χ4n) is 1.90. The average molecular weight is 288 g/mol. The highest BCUT2D eigenvalue weighted by Gasteiger charge is 2.18. The van der Waals surface area contributed by atoms with E-state index in [9.17, 15) is 4.79 Å². The molecule has 106 valence electrons. The molecule has 1 aromatic carbocycles. The lowest BCUT2D eigenvalue weighted by Gasteiger charge is -2.14. The Morgan fingerprint density at radius 2 is 2.05 bits per heavy atom. The maximum absolute atomic E-state index is 12.1. The summed E-state index contributed by atoms with van der Waals surface area (Å²) in [5.74, 6) is 0.172. The van der Waals surface area contributed by atoms with Gasteiger partial charge >= 0.3 is 0 Å². The summed E-state index contributed by atoms with van der Waals surface area (Å²) in [4.78, 5) is 16.6. The van der Waals surface area contributed by atoms with Crippen LogP contribution in [0.2, 0.25) is 0 Å². The van der Waals surface area contributed by atoms with Gasteiger partial charge in [0.05, 0.1) is 12.1 Å². The summed E-state index contributed by atoms with van der Waals surface area (Å²) < 4.78 is 0. The van der Waals surface area contributed by atoms with Crippen LogP contribution in [0.3, 0.4) is 0 Å². The number of nitrogens with two attached hydrogens (primary N) is 1. The van der Waals surface area contributed by atoms with Crippen LogP contribution in [0.4, 0.5) is 5.69 Å². The van der Waals surface area contributed by atoms with E-state index in [1.165, 1.54) is 0 Å². The van der Waals surface area contributed by atoms with Crippen LogP contribution in [0.1, 0.15) is 37.0 Å². The molecule has 0 fully saturated rings. The lowest BCUT2D eigenvalue weighted by molar-refractivity contribution is -0.117. The van der Waals surface area contributed by atoms with Crippen LogP contribution in [0.15, 0.2) is 29.6 Å². The summed E-state index contributed by atoms with van der Waals surface area (Å²) >= 11 is 1.56. The first-order valence-electron chi connectivity index (χ1n) is 6.65. The van der Waals surface area contributed by atoms with Gasteiger partial charge in [0.1, 0.15) is 10.8 Å². The van der Waals surface area contributed by atoms with Gasteiger partial charge in [0.25, 0.3) is 0 Å². The molecule has 0 bridgehead atoms. The van der Waals surface area contributed by atoms with Gasteiger partial charge in [0, 0.05) is 22.9 Å². The normalized spacial score (nSPS) is 11.6. The standard InChI is InChI=1S/C16H20N2OS/c1-16(2,3)14-10-20-15(18-14)9-13(19)8-11-5-4-6-12(17)7-11/h4-7,10H,8-9,17H2,1-3H3. The summed E-state index contributed by atoms with van der Waals surface area (Å²) in [7, 11) is 0. The van der Waals surface area contributed by atoms with Gasteiger partial charge in [-0.1, -0.05) is 32.9 Å². The molecule has 1 aromatic heterocycles. The molecule has 0 atom stereocenters. The molecule has 4 heteroatoms. The Morgan fingerprint density at radius 3 is 2.65 bits per heavy atom. The number of hydrogen-bond donors (Lipinski definition) is 1. The van der Waals surface area contributed by atoms with Gasteiger partial charge in [-0.15, -0.1) is 11.3 Å². The van der Waals surface area contributed by atoms with Crippen molar-refractivity contribution in [3.63, 3.8) is 0 Å². The molecule has 3 nitrogen and oxygen atoms in total. The van der Waals surface area contributed by atoms with Crippen molar-refractivity contribution in [2.45, 2.75) is 39.0 Å². The van der Waals surface area contributed by atoms with Crippen LogP contribution in [-0.2, 0) is 23.1 Å². The molecule has 0 saturated heterocycles. The van der Waals surface area contributed by atoms with Crippen molar-refractivity contribution >= 4 is 22.8 Å². The minimum Gasteiger partial charge on any atom is -0.399 e. The number of ketones is 1. The fourth-order valence-corrected chi connectivity index (χ4v) is 2.95. The molecule has 0 saturated carbocycles. The van der Waals surface area contributed by atoms with Crippen LogP contribution < -0.4 is 5.73 Å². The molecule has 2 aromatic rings. The number of Topliss-reactive ketones (excluding diaryl/α,β-unsaturated/α-hetero) is 1. The van der Waals surface area contributed by atoms with E-state index < -0.39 is 0 Å². The van der Waals surface area contributed by atoms with Gasteiger partial charge in [-0.25, -0.2) is 4.98 Å². The zero-order valence-corrected chi connectivity index (χ0v) is 13.0. The number of anilines is 1. The molecular formula is C16H20N2OS. The SMILES string of the molecule is CC(C)(C)c1csc(CC(=O)Cc2cccc(N)c2)n1. The monoisotopic (exact) mass is 288 g/mol. The predicted molar refractivity (Wildman–Crippen MR) is 84.1 cm³/mol. The van der Waals surface area contributed by atoms with Crippen LogP contribution in [0.5, 0.6) is 0 Å². The van der Waals surface area contributed by atoms with Gasteiger partial charge in [-0.3, -0.25) is 4.79 Å². The average Bonchev–Trinajstić information content (AvgIpc) is 2.76. The first-order valence-corrected chi connectivity index (χ1v) is 7.53. The van der Waals surface area contributed by atoms with Crippen LogP contribution in [0.25, 0.3) is 0 Å². The Labute approximate surface area is 123 Å². The molecule has 0 radical (unpaired) electrons. The van der Waals surface area contributed by atoms with Gasteiger partial charge < -0.3 is 5.73 Å². The summed E-state index contributed by atoms with van der Waals surface area (Å²) in [5, 5.41) is 2.94. The Balaban J connectivity index is 2.00. The second-order valence-electron chi connectivity index (χ2n) is 6.01. The minimum absolute atomic E-state index is 0.0334. The molecular weight excluding hydrogens is 268 g/mol. The van der Waals surface area contributed by atoms with E-state index in [0.717, 1.165) is 16.3 Å². The van der Waals surface area contributed by atoms with Gasteiger partial charge in [-0.2, -0.15) is 0 Å². The molecule has 0 spiro atoms. The number of thiazole rings is 1. The van der Waals surface area contributed by atoms with E-state index in [-0.39, 0.29) is 11.2 Å². The first kappa shape index (κ1) is 14.7. The number of nitrogen functional groups attached to an aromatic ring is 1. The molecule has 0 aliphatic rings. The summed E-state index contributed by atoms with van der Waals surface area (Å²) in [6, 6.07) is 7.47. The Bertz CT molecular complexity index is 611. The van der Waals surface area contributed by atoms with E-state index >= 15 is 0 Å². The highest BCUT2D eigenvalue weighted by atomic mass is 32.1. The fraction of sp³-hybridized carbons (Fsp3) is 0.375. The molecule has 2 N–H and O–H groups in total. The van der Waals surface area contributed by atoms with E-state index in [1.807, 2.05) is 29.6 Å². The third-order valence-corrected chi connectivity index (χ3v) is 3.87. The molecule has 20 heavy (non-hydrogen) atoms. The minimum atomic E-state index is 0.0334. The van der Waals surface area contributed by atoms with Crippen molar-refractivity contribution in [2.24, 2.45) is 0 Å². The predicted octanol–water partition coefficient (Wildman–Crippen LogP) is 3.38. The molecule has 0 amide bonds. The van der Waals surface area contributed by atoms with Crippen molar-refractivity contribution in [3.8, 4) is 0 Å². The van der Waals surface area contributed by atoms with Crippen molar-refractivity contribution in [3.05, 3.63) is 45.9 Å². The zero-order valence-electron chi connectivity index (χ0n) is 12.1. The van der Waals surface area contributed by atoms with Crippen molar-refractivity contribution in [2.75, 3.05) is 5.73 Å². The molecule has 0 aliphatic heterocycles. The second kappa shape index (κ2) is 5.75. The van der Waals surface area contributed by atoms with Crippen LogP contribution in [-0.4, -0.2) is 10.8 Å². The van der Waals surface area contributed by atoms with Gasteiger partial charge in [0.2, 0.25) is 0 Å². The van der Waals surface area contributed by atoms with Crippen LogP contribution in [0, 0.1) is 0 Å². The third kappa shape index (κ3) is 3.90. The smallest absolute Gasteiger partial charge is 0.144 e. The number of carbonyl (C=O) groups is 1. The quantitative estimate of drug-likeness (QED) is 0.877. The molecule has 1 heterocycles. The summed E-state index contributed by atoms with van der Waals surface area (Å²) in [5.41, 5.74) is 8.45. The Kier molecular flexibility index (Phi) is 4.23. The first-order chi connectivity index (χ1) is 9.34. The largest absolute Gasteiger partial charge is 0.399 e. The van der Waals surface area contributed by atoms with Gasteiger partial charge in [0.15, 0.2) is 0 Å². The number of nitrogens with zero attached hydrogens (tertiary/aromatic N) is 1. The van der Waals surface area contributed by atoms with Gasteiger partial charge in [-0.05, 0) is 17.7 Å². The lowest BCUT2D eigenvalue weighted by Crippen LogP contribution is -2.12. The maximum Gasteiger partial charge on any atom is 0.144 e. The van der Waals surface area contributed by atoms with Crippen molar-refractivity contribution in [1.82, 2.24) is 4.98 Å². The Hall–Kier alpha value is -1.68. The molecule has 0 unspecified atom stereocenters. The van der Waals surface area contributed by atoms with Crippen molar-refractivity contribution < 1.29 is 4.79 Å². The highest BCUT2D eigenvalue weighted by Crippen LogP contribution is 2.24. The number of benzene rings is 1. The number of rotatable bonds is 4. The van der Waals surface area contributed by atoms with Crippen LogP contribution >= 0.6 is 11.3 Å². The Morgan fingerprint density at radius 1 is 1.30 bits per heavy atom. The van der Waals surface area contributed by atoms with Crippen molar-refractivity contribution in [1.29, 1.82) is 0 Å². The van der Waals surface area contributed by atoms with E-state index in [4.69, 9.17) is 5.73 Å². The zero-order chi connectivity index (χ0) is 14.8. The topological polar surface area (TPSA) is 56.0 Å². The summed E-state index contributed by atoms with van der Waals surface area (Å²) in [6.07, 6.45) is 0.811. The van der Waals surface area contributed by atoms with E-state index in [2.05, 4.69) is 25.8 Å².